The average molecular weight is 356 g/mol. The van der Waals surface area contributed by atoms with Gasteiger partial charge in [-0.15, -0.1) is 0 Å². The Bertz CT molecular complexity index is 887. The second kappa shape index (κ2) is 6.11. The van der Waals surface area contributed by atoms with Crippen LogP contribution in [0.25, 0.3) is 22.0 Å². The lowest BCUT2D eigenvalue weighted by Crippen LogP contribution is -1.91. The average Bonchev–Trinajstić information content (AvgIpc) is 2.61. The fourth-order valence-electron chi connectivity index (χ4n) is 2.05. The maximum atomic E-state index is 5.86. The van der Waals surface area contributed by atoms with Crippen LogP contribution in [0.3, 0.4) is 0 Å². The number of nitrogens with one attached hydrogen (secondary N) is 1. The molecule has 0 spiro atoms. The lowest BCUT2D eigenvalue weighted by molar-refractivity contribution is 1.05. The molecule has 3 aromatic rings. The van der Waals surface area contributed by atoms with Gasteiger partial charge >= 0.3 is 0 Å². The molecule has 22 heavy (non-hydrogen) atoms. The molecule has 0 atom stereocenters. The second-order valence-corrected chi connectivity index (χ2v) is 5.61. The number of nitrogens with zero attached hydrogens (tertiary/aromatic N) is 3. The topological polar surface area (TPSA) is 80.5 Å². The van der Waals surface area contributed by atoms with Crippen molar-refractivity contribution in [1.82, 2.24) is 20.2 Å². The molecule has 0 aliphatic heterocycles. The molecule has 110 valence electrons. The van der Waals surface area contributed by atoms with Crippen molar-refractivity contribution in [2.45, 2.75) is 6.92 Å². The Morgan fingerprint density at radius 2 is 1.82 bits per heavy atom. The number of aryl methyl sites for hydroxylation is 1. The van der Waals surface area contributed by atoms with Crippen molar-refractivity contribution < 1.29 is 0 Å². The lowest BCUT2D eigenvalue weighted by Gasteiger charge is -2.01. The molecule has 1 aromatic carbocycles. The third kappa shape index (κ3) is 2.92. The van der Waals surface area contributed by atoms with Crippen LogP contribution < -0.4 is 5.73 Å². The molecule has 0 radical (unpaired) electrons. The first-order valence-electron chi connectivity index (χ1n) is 6.69. The number of benzene rings is 1. The highest BCUT2D eigenvalue weighted by molar-refractivity contribution is 9.10. The van der Waals surface area contributed by atoms with E-state index in [0.717, 1.165) is 27.7 Å². The highest BCUT2D eigenvalue weighted by Gasteiger charge is 2.02. The number of aromatic nitrogens is 4. The predicted molar refractivity (Wildman–Crippen MR) is 91.6 cm³/mol. The van der Waals surface area contributed by atoms with Gasteiger partial charge in [-0.05, 0) is 35.0 Å². The van der Waals surface area contributed by atoms with Crippen molar-refractivity contribution in [3.05, 3.63) is 59.1 Å². The van der Waals surface area contributed by atoms with Gasteiger partial charge in [-0.25, -0.2) is 0 Å². The Kier molecular flexibility index (Phi) is 4.02. The Balaban J connectivity index is 2.19. The van der Waals surface area contributed by atoms with Crippen LogP contribution in [0.5, 0.6) is 0 Å². The van der Waals surface area contributed by atoms with E-state index >= 15 is 0 Å². The fraction of sp³-hybridized carbons (Fsp3) is 0.0625. The number of halogens is 1. The number of para-hydroxylation sites is 1. The minimum absolute atomic E-state index is 0.420. The van der Waals surface area contributed by atoms with Gasteiger partial charge < -0.3 is 5.73 Å². The molecule has 0 saturated carbocycles. The van der Waals surface area contributed by atoms with Gasteiger partial charge in [0.05, 0.1) is 21.9 Å². The summed E-state index contributed by atoms with van der Waals surface area (Å²) in [5.74, 6) is 0.420. The Hall–Kier alpha value is -2.47. The van der Waals surface area contributed by atoms with Crippen molar-refractivity contribution in [3.8, 4) is 11.1 Å². The smallest absolute Gasteiger partial charge is 0.133 e. The zero-order valence-corrected chi connectivity index (χ0v) is 13.5. The van der Waals surface area contributed by atoms with E-state index in [1.165, 1.54) is 0 Å². The number of anilines is 1. The van der Waals surface area contributed by atoms with Crippen LogP contribution in [0.1, 0.15) is 5.69 Å². The first-order chi connectivity index (χ1) is 10.6. The standard InChI is InChI=1S/C16H14BrN5/c1-10-15(17)16(18)22-21-9-13(8-19-10)12-6-11-4-2-3-5-14(11)20-7-12/h2-9,22H,18H2,1H3. The molecule has 5 nitrogen and oxygen atoms in total. The summed E-state index contributed by atoms with van der Waals surface area (Å²) >= 11 is 3.39. The minimum Gasteiger partial charge on any atom is -0.383 e. The summed E-state index contributed by atoms with van der Waals surface area (Å²) in [5, 5.41) is 7.99. The van der Waals surface area contributed by atoms with E-state index in [9.17, 15) is 0 Å². The van der Waals surface area contributed by atoms with Gasteiger partial charge in [-0.1, -0.05) is 18.2 Å². The maximum Gasteiger partial charge on any atom is 0.133 e. The van der Waals surface area contributed by atoms with E-state index < -0.39 is 0 Å². The van der Waals surface area contributed by atoms with Crippen LogP contribution in [-0.2, 0) is 0 Å². The number of rotatable bonds is 1. The van der Waals surface area contributed by atoms with Crippen molar-refractivity contribution in [2.75, 3.05) is 5.73 Å². The van der Waals surface area contributed by atoms with Crippen LogP contribution in [-0.4, -0.2) is 20.2 Å². The van der Waals surface area contributed by atoms with Crippen LogP contribution in [0.2, 0.25) is 0 Å². The highest BCUT2D eigenvalue weighted by atomic mass is 79.9. The third-order valence-electron chi connectivity index (χ3n) is 3.26. The molecule has 0 aliphatic rings. The van der Waals surface area contributed by atoms with E-state index in [1.807, 2.05) is 37.4 Å². The summed E-state index contributed by atoms with van der Waals surface area (Å²) in [6.45, 7) is 1.87. The Morgan fingerprint density at radius 3 is 2.68 bits per heavy atom. The molecular weight excluding hydrogens is 342 g/mol. The summed E-state index contributed by atoms with van der Waals surface area (Å²) in [6.07, 6.45) is 5.25. The van der Waals surface area contributed by atoms with Crippen LogP contribution in [0.15, 0.2) is 53.4 Å². The Labute approximate surface area is 136 Å². The highest BCUT2D eigenvalue weighted by Crippen LogP contribution is 2.22. The van der Waals surface area contributed by atoms with Crippen molar-refractivity contribution in [1.29, 1.82) is 0 Å². The SMILES string of the molecule is Cc1ncc(-c2cnc3ccccc3c2)cn[nH]c(N)c1Br. The summed E-state index contributed by atoms with van der Waals surface area (Å²) in [5.41, 5.74) is 9.37. The molecule has 3 N–H and O–H groups in total. The first kappa shape index (κ1) is 14.5. The normalized spacial score (nSPS) is 10.5. The van der Waals surface area contributed by atoms with Crippen LogP contribution in [0.4, 0.5) is 5.82 Å². The summed E-state index contributed by atoms with van der Waals surface area (Å²) in [7, 11) is 0. The van der Waals surface area contributed by atoms with E-state index in [2.05, 4.69) is 42.2 Å². The zero-order chi connectivity index (χ0) is 15.5. The molecule has 0 fully saturated rings. The second-order valence-electron chi connectivity index (χ2n) is 4.81. The molecule has 0 amide bonds. The monoisotopic (exact) mass is 355 g/mol. The lowest BCUT2D eigenvalue weighted by atomic mass is 10.1. The summed E-state index contributed by atoms with van der Waals surface area (Å²) < 4.78 is 0.693. The Morgan fingerprint density at radius 1 is 1.05 bits per heavy atom. The van der Waals surface area contributed by atoms with E-state index in [-0.39, 0.29) is 0 Å². The fourth-order valence-corrected chi connectivity index (χ4v) is 2.24. The molecule has 6 heteroatoms. The molecule has 3 rings (SSSR count). The quantitative estimate of drug-likeness (QED) is 0.695. The summed E-state index contributed by atoms with van der Waals surface area (Å²) in [4.78, 5) is 8.89. The zero-order valence-electron chi connectivity index (χ0n) is 11.9. The van der Waals surface area contributed by atoms with E-state index in [1.54, 1.807) is 12.4 Å². The summed E-state index contributed by atoms with van der Waals surface area (Å²) in [6, 6.07) is 10.0. The number of nitrogen functional groups attached to an aromatic ring is 1. The van der Waals surface area contributed by atoms with Crippen molar-refractivity contribution in [3.63, 3.8) is 0 Å². The largest absolute Gasteiger partial charge is 0.383 e. The van der Waals surface area contributed by atoms with Crippen molar-refractivity contribution in [2.24, 2.45) is 0 Å². The van der Waals surface area contributed by atoms with Gasteiger partial charge in [0.1, 0.15) is 5.82 Å². The van der Waals surface area contributed by atoms with Crippen molar-refractivity contribution >= 4 is 32.7 Å². The third-order valence-corrected chi connectivity index (χ3v) is 4.26. The number of hydrogen-bond donors (Lipinski definition) is 2. The van der Waals surface area contributed by atoms with Gasteiger partial charge in [0.15, 0.2) is 0 Å². The molecular formula is C16H14BrN5. The minimum atomic E-state index is 0.420. The van der Waals surface area contributed by atoms with Gasteiger partial charge in [0.25, 0.3) is 0 Å². The van der Waals surface area contributed by atoms with Crippen LogP contribution >= 0.6 is 15.9 Å². The predicted octanol–water partition coefficient (Wildman–Crippen LogP) is 3.80. The number of fused-ring (bicyclic) bond motifs is 1. The van der Waals surface area contributed by atoms with Gasteiger partial charge in [0, 0.05) is 28.9 Å². The van der Waals surface area contributed by atoms with Gasteiger partial charge in [-0.3, -0.25) is 15.1 Å². The number of nitrogens with two attached hydrogens (primary N) is 1. The van der Waals surface area contributed by atoms with Gasteiger partial charge in [-0.2, -0.15) is 5.10 Å². The number of pyridine rings is 1. The molecule has 0 saturated heterocycles. The maximum absolute atomic E-state index is 5.86. The van der Waals surface area contributed by atoms with E-state index in [0.29, 0.717) is 10.3 Å². The molecule has 0 unspecified atom stereocenters. The van der Waals surface area contributed by atoms with Gasteiger partial charge in [0.2, 0.25) is 0 Å². The number of aromatic amines is 1. The molecule has 0 aliphatic carbocycles. The molecule has 2 heterocycles. The first-order valence-corrected chi connectivity index (χ1v) is 7.49. The van der Waals surface area contributed by atoms with E-state index in [4.69, 9.17) is 5.73 Å². The number of H-pyrrole nitrogens is 1. The van der Waals surface area contributed by atoms with Crippen LogP contribution in [0, 0.1) is 6.92 Å². The molecule has 0 bridgehead atoms. The molecule has 2 aromatic heterocycles. The number of hydrogen-bond acceptors (Lipinski definition) is 4.